The molecule has 0 radical (unpaired) electrons. The van der Waals surface area contributed by atoms with Crippen molar-refractivity contribution < 1.29 is 45.7 Å². The lowest BCUT2D eigenvalue weighted by molar-refractivity contribution is 0.0696. The van der Waals surface area contributed by atoms with E-state index in [-0.39, 0.29) is 0 Å². The molecule has 0 spiro atoms. The van der Waals surface area contributed by atoms with Gasteiger partial charge in [0.05, 0.1) is 22.5 Å². The topological polar surface area (TPSA) is 221 Å². The molecule has 14 heteroatoms. The van der Waals surface area contributed by atoms with Gasteiger partial charge in [0.25, 0.3) is 20.2 Å². The lowest BCUT2D eigenvalue weighted by Gasteiger charge is -2.16. The van der Waals surface area contributed by atoms with Crippen molar-refractivity contribution in [2.24, 2.45) is 0 Å². The minimum Gasteiger partial charge on any atom is -0.478 e. The van der Waals surface area contributed by atoms with Crippen molar-refractivity contribution in [1.29, 1.82) is 0 Å². The fourth-order valence-corrected chi connectivity index (χ4v) is 3.71. The van der Waals surface area contributed by atoms with Crippen LogP contribution in [0.2, 0.25) is 0 Å². The van der Waals surface area contributed by atoms with E-state index in [0.29, 0.717) is 12.1 Å². The number of carbonyl (C=O) groups is 2. The molecule has 0 unspecified atom stereocenters. The van der Waals surface area contributed by atoms with E-state index < -0.39 is 70.2 Å². The molecule has 0 aliphatic rings. The van der Waals surface area contributed by atoms with Crippen LogP contribution in [0.3, 0.4) is 0 Å². The molecule has 0 aliphatic carbocycles. The predicted octanol–water partition coefficient (Wildman–Crippen LogP) is 0.902. The molecule has 0 saturated heterocycles. The van der Waals surface area contributed by atoms with Crippen molar-refractivity contribution in [3.63, 3.8) is 0 Å². The van der Waals surface area contributed by atoms with Gasteiger partial charge in [0.1, 0.15) is 9.79 Å². The fourth-order valence-electron chi connectivity index (χ4n) is 2.24. The highest BCUT2D eigenvalue weighted by Crippen LogP contribution is 2.35. The van der Waals surface area contributed by atoms with Crippen LogP contribution in [-0.2, 0) is 20.2 Å². The normalized spacial score (nSPS) is 11.8. The Labute approximate surface area is 157 Å². The maximum absolute atomic E-state index is 11.6. The largest absolute Gasteiger partial charge is 0.478 e. The number of benzene rings is 2. The highest BCUT2D eigenvalue weighted by atomic mass is 32.2. The summed E-state index contributed by atoms with van der Waals surface area (Å²) in [5, 5.41) is 20.4. The van der Waals surface area contributed by atoms with Crippen LogP contribution in [0, 0.1) is 0 Å². The molecule has 2 rings (SSSR count). The van der Waals surface area contributed by atoms with Gasteiger partial charge >= 0.3 is 11.9 Å². The van der Waals surface area contributed by atoms with Gasteiger partial charge in [-0.2, -0.15) is 16.8 Å². The molecule has 7 N–H and O–H groups in total. The number of rotatable bonds is 6. The van der Waals surface area contributed by atoms with E-state index >= 15 is 0 Å². The van der Waals surface area contributed by atoms with Crippen LogP contribution >= 0.6 is 0 Å². The van der Waals surface area contributed by atoms with Crippen LogP contribution < -0.4 is 11.1 Å². The average molecular weight is 432 g/mol. The minimum atomic E-state index is -5.07. The van der Waals surface area contributed by atoms with Gasteiger partial charge in [-0.05, 0) is 30.3 Å². The Morgan fingerprint density at radius 3 is 1.75 bits per heavy atom. The lowest BCUT2D eigenvalue weighted by Crippen LogP contribution is -2.13. The Morgan fingerprint density at radius 2 is 1.36 bits per heavy atom. The maximum atomic E-state index is 11.6. The van der Waals surface area contributed by atoms with E-state index in [2.05, 4.69) is 5.32 Å². The molecule has 2 aromatic carbocycles. The molecule has 0 aromatic heterocycles. The van der Waals surface area contributed by atoms with Gasteiger partial charge in [0.15, 0.2) is 0 Å². The highest BCUT2D eigenvalue weighted by molar-refractivity contribution is 7.87. The summed E-state index contributed by atoms with van der Waals surface area (Å²) in [6.45, 7) is 0. The van der Waals surface area contributed by atoms with Crippen LogP contribution in [0.15, 0.2) is 40.1 Å². The van der Waals surface area contributed by atoms with E-state index in [9.17, 15) is 40.6 Å². The molecule has 150 valence electrons. The SMILES string of the molecule is Nc1cc(S(=O)(=O)O)c(Nc2ccc(C(=O)O)cc2C(=O)O)c(S(=O)(=O)O)c1. The second kappa shape index (κ2) is 7.08. The number of nitrogens with two attached hydrogens (primary N) is 1. The number of carboxylic acid groups (broad SMARTS) is 2. The summed E-state index contributed by atoms with van der Waals surface area (Å²) < 4.78 is 65.2. The fraction of sp³-hybridized carbons (Fsp3) is 0. The monoisotopic (exact) mass is 432 g/mol. The van der Waals surface area contributed by atoms with Crippen molar-refractivity contribution in [1.82, 2.24) is 0 Å². The summed E-state index contributed by atoms with van der Waals surface area (Å²) >= 11 is 0. The summed E-state index contributed by atoms with van der Waals surface area (Å²) in [7, 11) is -10.1. The quantitative estimate of drug-likeness (QED) is 0.277. The highest BCUT2D eigenvalue weighted by Gasteiger charge is 2.27. The zero-order valence-corrected chi connectivity index (χ0v) is 15.2. The van der Waals surface area contributed by atoms with Gasteiger partial charge in [-0.1, -0.05) is 0 Å². The van der Waals surface area contributed by atoms with Crippen LogP contribution in [0.5, 0.6) is 0 Å². The first-order valence-electron chi connectivity index (χ1n) is 6.98. The average Bonchev–Trinajstić information content (AvgIpc) is 2.54. The first-order valence-corrected chi connectivity index (χ1v) is 9.86. The van der Waals surface area contributed by atoms with Crippen LogP contribution in [0.1, 0.15) is 20.7 Å². The van der Waals surface area contributed by atoms with Gasteiger partial charge in [-0.25, -0.2) is 9.59 Å². The zero-order valence-electron chi connectivity index (χ0n) is 13.5. The lowest BCUT2D eigenvalue weighted by atomic mass is 10.1. The van der Waals surface area contributed by atoms with E-state index in [1.807, 2.05) is 0 Å². The second-order valence-electron chi connectivity index (χ2n) is 5.34. The van der Waals surface area contributed by atoms with Crippen molar-refractivity contribution >= 4 is 49.2 Å². The smallest absolute Gasteiger partial charge is 0.337 e. The Bertz CT molecular complexity index is 1150. The third kappa shape index (κ3) is 4.37. The number of nitrogen functional groups attached to an aromatic ring is 1. The number of carboxylic acids is 2. The van der Waals surface area contributed by atoms with Gasteiger partial charge < -0.3 is 21.3 Å². The Kier molecular flexibility index (Phi) is 5.34. The summed E-state index contributed by atoms with van der Waals surface area (Å²) in [4.78, 5) is 20.3. The number of hydrogen-bond acceptors (Lipinski definition) is 8. The Hall–Kier alpha value is -3.20. The summed E-state index contributed by atoms with van der Waals surface area (Å²) in [5.74, 6) is -3.07. The molecule has 28 heavy (non-hydrogen) atoms. The van der Waals surface area contributed by atoms with E-state index in [1.165, 1.54) is 0 Å². The van der Waals surface area contributed by atoms with E-state index in [1.54, 1.807) is 0 Å². The third-order valence-corrected chi connectivity index (χ3v) is 5.16. The van der Waals surface area contributed by atoms with Crippen molar-refractivity contribution in [2.75, 3.05) is 11.1 Å². The van der Waals surface area contributed by atoms with Crippen molar-refractivity contribution in [3.8, 4) is 0 Å². The van der Waals surface area contributed by atoms with Crippen molar-refractivity contribution in [3.05, 3.63) is 41.5 Å². The molecular weight excluding hydrogens is 420 g/mol. The van der Waals surface area contributed by atoms with Gasteiger partial charge in [-0.3, -0.25) is 9.11 Å². The molecular formula is C14H12N2O10S2. The number of aromatic carboxylic acids is 2. The summed E-state index contributed by atoms with van der Waals surface area (Å²) in [5.41, 5.74) is 2.60. The minimum absolute atomic E-state index is 0.412. The maximum Gasteiger partial charge on any atom is 0.337 e. The number of nitrogens with one attached hydrogen (secondary N) is 1. The molecule has 0 bridgehead atoms. The molecule has 0 atom stereocenters. The first-order chi connectivity index (χ1) is 12.7. The van der Waals surface area contributed by atoms with Crippen LogP contribution in [0.25, 0.3) is 0 Å². The third-order valence-electron chi connectivity index (χ3n) is 3.40. The van der Waals surface area contributed by atoms with Gasteiger partial charge in [0.2, 0.25) is 0 Å². The predicted molar refractivity (Wildman–Crippen MR) is 94.1 cm³/mol. The van der Waals surface area contributed by atoms with Gasteiger partial charge in [-0.15, -0.1) is 0 Å². The Balaban J connectivity index is 2.83. The molecule has 2 aromatic rings. The molecule has 0 aliphatic heterocycles. The summed E-state index contributed by atoms with van der Waals surface area (Å²) in [6, 6.07) is 4.00. The molecule has 0 saturated carbocycles. The Morgan fingerprint density at radius 1 is 0.857 bits per heavy atom. The van der Waals surface area contributed by atoms with Crippen LogP contribution in [0.4, 0.5) is 17.1 Å². The van der Waals surface area contributed by atoms with Crippen molar-refractivity contribution in [2.45, 2.75) is 9.79 Å². The summed E-state index contributed by atoms with van der Waals surface area (Å²) in [6.07, 6.45) is 0. The molecule has 12 nitrogen and oxygen atoms in total. The van der Waals surface area contributed by atoms with Gasteiger partial charge in [0, 0.05) is 5.69 Å². The zero-order chi connectivity index (χ0) is 21.4. The number of hydrogen-bond donors (Lipinski definition) is 6. The van der Waals surface area contributed by atoms with Crippen LogP contribution in [-0.4, -0.2) is 48.1 Å². The van der Waals surface area contributed by atoms with E-state index in [0.717, 1.165) is 18.2 Å². The number of anilines is 3. The molecule has 0 fully saturated rings. The molecule has 0 heterocycles. The second-order valence-corrected chi connectivity index (χ2v) is 8.12. The van der Waals surface area contributed by atoms with E-state index in [4.69, 9.17) is 10.8 Å². The standard InChI is InChI=1S/C14H12N2O10S2/c15-7-4-10(27(21,22)23)12(11(5-7)28(24,25)26)16-9-2-1-6(13(17)18)3-8(9)14(19)20/h1-5,16H,15H2,(H,17,18)(H,19,20)(H,21,22,23)(H,24,25,26). The first kappa shape index (κ1) is 21.1. The molecule has 0 amide bonds.